The van der Waals surface area contributed by atoms with Gasteiger partial charge in [0.15, 0.2) is 17.7 Å². The number of nitrogens with one attached hydrogen (secondary N) is 2. The summed E-state index contributed by atoms with van der Waals surface area (Å²) in [6, 6.07) is 11.1. The molecule has 0 aliphatic heterocycles. The molecular formula is C17H16F2N2O3. The molecule has 24 heavy (non-hydrogen) atoms. The van der Waals surface area contributed by atoms with Gasteiger partial charge in [0.2, 0.25) is 5.91 Å². The Morgan fingerprint density at radius 3 is 2.38 bits per heavy atom. The van der Waals surface area contributed by atoms with Gasteiger partial charge in [0.25, 0.3) is 5.91 Å². The second-order valence-electron chi connectivity index (χ2n) is 5.03. The molecule has 5 nitrogen and oxygen atoms in total. The highest BCUT2D eigenvalue weighted by Gasteiger charge is 2.17. The Morgan fingerprint density at radius 2 is 1.71 bits per heavy atom. The molecule has 0 fully saturated rings. The number of ether oxygens (including phenoxy) is 1. The summed E-state index contributed by atoms with van der Waals surface area (Å²) < 4.78 is 31.4. The van der Waals surface area contributed by atoms with Crippen molar-refractivity contribution >= 4 is 11.8 Å². The largest absolute Gasteiger partial charge is 0.478 e. The van der Waals surface area contributed by atoms with Crippen molar-refractivity contribution in [1.82, 2.24) is 10.9 Å². The van der Waals surface area contributed by atoms with Gasteiger partial charge in [0.05, 0.1) is 6.42 Å². The summed E-state index contributed by atoms with van der Waals surface area (Å²) in [4.78, 5) is 23.6. The van der Waals surface area contributed by atoms with E-state index in [-0.39, 0.29) is 12.2 Å². The van der Waals surface area contributed by atoms with Crippen LogP contribution in [0.15, 0.2) is 48.5 Å². The van der Waals surface area contributed by atoms with Crippen LogP contribution >= 0.6 is 0 Å². The van der Waals surface area contributed by atoms with E-state index in [4.69, 9.17) is 4.74 Å². The van der Waals surface area contributed by atoms with Gasteiger partial charge < -0.3 is 4.74 Å². The summed E-state index contributed by atoms with van der Waals surface area (Å²) in [5.74, 6) is -2.15. The molecule has 0 aromatic heterocycles. The van der Waals surface area contributed by atoms with Crippen molar-refractivity contribution in [2.75, 3.05) is 0 Å². The molecule has 0 radical (unpaired) electrons. The molecule has 2 N–H and O–H groups in total. The second-order valence-corrected chi connectivity index (χ2v) is 5.03. The maximum Gasteiger partial charge on any atom is 0.279 e. The lowest BCUT2D eigenvalue weighted by Gasteiger charge is -2.15. The lowest BCUT2D eigenvalue weighted by atomic mass is 10.1. The maximum absolute atomic E-state index is 13.4. The molecule has 0 heterocycles. The van der Waals surface area contributed by atoms with E-state index >= 15 is 0 Å². The number of benzene rings is 2. The van der Waals surface area contributed by atoms with Gasteiger partial charge in [0.1, 0.15) is 5.82 Å². The third-order valence-electron chi connectivity index (χ3n) is 3.11. The van der Waals surface area contributed by atoms with Crippen LogP contribution in [0, 0.1) is 11.6 Å². The van der Waals surface area contributed by atoms with Gasteiger partial charge in [-0.15, -0.1) is 0 Å². The highest BCUT2D eigenvalue weighted by molar-refractivity contribution is 5.85. The Labute approximate surface area is 137 Å². The predicted molar refractivity (Wildman–Crippen MR) is 82.9 cm³/mol. The van der Waals surface area contributed by atoms with Gasteiger partial charge in [-0.1, -0.05) is 24.3 Å². The number of hydrogen-bond donors (Lipinski definition) is 2. The summed E-state index contributed by atoms with van der Waals surface area (Å²) in [7, 11) is 0. The SMILES string of the molecule is CC(Oc1ccccc1F)C(=O)NNC(=O)Cc1ccc(F)cc1. The number of hydrogen-bond acceptors (Lipinski definition) is 3. The van der Waals surface area contributed by atoms with Crippen molar-refractivity contribution < 1.29 is 23.1 Å². The molecule has 0 saturated heterocycles. The first kappa shape index (κ1) is 17.4. The van der Waals surface area contributed by atoms with E-state index < -0.39 is 29.6 Å². The van der Waals surface area contributed by atoms with Gasteiger partial charge >= 0.3 is 0 Å². The molecule has 7 heteroatoms. The minimum absolute atomic E-state index is 0.0247. The average Bonchev–Trinajstić information content (AvgIpc) is 2.56. The fourth-order valence-corrected chi connectivity index (χ4v) is 1.85. The topological polar surface area (TPSA) is 67.4 Å². The summed E-state index contributed by atoms with van der Waals surface area (Å²) >= 11 is 0. The van der Waals surface area contributed by atoms with Crippen LogP contribution in [0.3, 0.4) is 0 Å². The van der Waals surface area contributed by atoms with Crippen molar-refractivity contribution in [3.63, 3.8) is 0 Å². The third kappa shape index (κ3) is 5.05. The van der Waals surface area contributed by atoms with E-state index in [1.807, 2.05) is 0 Å². The van der Waals surface area contributed by atoms with E-state index in [0.29, 0.717) is 5.56 Å². The number of rotatable bonds is 5. The van der Waals surface area contributed by atoms with E-state index in [1.165, 1.54) is 49.4 Å². The molecule has 1 atom stereocenters. The van der Waals surface area contributed by atoms with Crippen LogP contribution in [0.25, 0.3) is 0 Å². The summed E-state index contributed by atoms with van der Waals surface area (Å²) in [5.41, 5.74) is 5.01. The van der Waals surface area contributed by atoms with E-state index in [0.717, 1.165) is 0 Å². The van der Waals surface area contributed by atoms with Crippen LogP contribution in [-0.2, 0) is 16.0 Å². The van der Waals surface area contributed by atoms with Crippen molar-refractivity contribution in [3.8, 4) is 5.75 Å². The lowest BCUT2D eigenvalue weighted by Crippen LogP contribution is -2.47. The van der Waals surface area contributed by atoms with Gasteiger partial charge in [-0.2, -0.15) is 0 Å². The van der Waals surface area contributed by atoms with E-state index in [1.54, 1.807) is 6.07 Å². The van der Waals surface area contributed by atoms with Crippen LogP contribution in [-0.4, -0.2) is 17.9 Å². The summed E-state index contributed by atoms with van der Waals surface area (Å²) in [6.45, 7) is 1.42. The number of para-hydroxylation sites is 1. The zero-order valence-corrected chi connectivity index (χ0v) is 12.9. The van der Waals surface area contributed by atoms with Crippen molar-refractivity contribution in [3.05, 3.63) is 65.7 Å². The third-order valence-corrected chi connectivity index (χ3v) is 3.11. The molecular weight excluding hydrogens is 318 g/mol. The predicted octanol–water partition coefficient (Wildman–Crippen LogP) is 2.12. The van der Waals surface area contributed by atoms with Crippen LogP contribution in [0.4, 0.5) is 8.78 Å². The zero-order chi connectivity index (χ0) is 17.5. The van der Waals surface area contributed by atoms with Crippen molar-refractivity contribution in [1.29, 1.82) is 0 Å². The Morgan fingerprint density at radius 1 is 1.04 bits per heavy atom. The summed E-state index contributed by atoms with van der Waals surface area (Å²) in [5, 5.41) is 0. The first-order valence-electron chi connectivity index (χ1n) is 7.20. The van der Waals surface area contributed by atoms with Crippen LogP contribution < -0.4 is 15.6 Å². The lowest BCUT2D eigenvalue weighted by molar-refractivity contribution is -0.132. The number of hydrazine groups is 1. The Bertz CT molecular complexity index is 720. The summed E-state index contributed by atoms with van der Waals surface area (Å²) in [6.07, 6.45) is -1.03. The van der Waals surface area contributed by atoms with Crippen molar-refractivity contribution in [2.24, 2.45) is 0 Å². The molecule has 2 amide bonds. The average molecular weight is 334 g/mol. The van der Waals surface area contributed by atoms with Crippen LogP contribution in [0.5, 0.6) is 5.75 Å². The Balaban J connectivity index is 1.80. The molecule has 0 aliphatic carbocycles. The molecule has 0 spiro atoms. The van der Waals surface area contributed by atoms with Gasteiger partial charge in [-0.25, -0.2) is 8.78 Å². The molecule has 2 aromatic carbocycles. The fraction of sp³-hybridized carbons (Fsp3) is 0.176. The normalized spacial score (nSPS) is 11.5. The molecule has 126 valence electrons. The molecule has 2 aromatic rings. The monoisotopic (exact) mass is 334 g/mol. The minimum Gasteiger partial charge on any atom is -0.478 e. The Hall–Kier alpha value is -2.96. The quantitative estimate of drug-likeness (QED) is 0.823. The molecule has 0 bridgehead atoms. The number of amides is 2. The van der Waals surface area contributed by atoms with E-state index in [2.05, 4.69) is 10.9 Å². The molecule has 0 saturated carbocycles. The molecule has 1 unspecified atom stereocenters. The Kier molecular flexibility index (Phi) is 5.83. The van der Waals surface area contributed by atoms with Gasteiger partial charge in [-0.05, 0) is 36.8 Å². The number of halogens is 2. The van der Waals surface area contributed by atoms with Gasteiger partial charge in [0, 0.05) is 0 Å². The first-order chi connectivity index (χ1) is 11.5. The van der Waals surface area contributed by atoms with Crippen LogP contribution in [0.2, 0.25) is 0 Å². The number of carbonyl (C=O) groups is 2. The first-order valence-corrected chi connectivity index (χ1v) is 7.20. The molecule has 0 aliphatic rings. The van der Waals surface area contributed by atoms with E-state index in [9.17, 15) is 18.4 Å². The zero-order valence-electron chi connectivity index (χ0n) is 12.9. The minimum atomic E-state index is -1.01. The fourth-order valence-electron chi connectivity index (χ4n) is 1.85. The van der Waals surface area contributed by atoms with Crippen molar-refractivity contribution in [2.45, 2.75) is 19.4 Å². The maximum atomic E-state index is 13.4. The number of carbonyl (C=O) groups excluding carboxylic acids is 2. The smallest absolute Gasteiger partial charge is 0.279 e. The highest BCUT2D eigenvalue weighted by Crippen LogP contribution is 2.16. The second kappa shape index (κ2) is 8.05. The van der Waals surface area contributed by atoms with Gasteiger partial charge in [-0.3, -0.25) is 20.4 Å². The highest BCUT2D eigenvalue weighted by atomic mass is 19.1. The van der Waals surface area contributed by atoms with Crippen LogP contribution in [0.1, 0.15) is 12.5 Å². The molecule has 2 rings (SSSR count). The standard InChI is InChI=1S/C17H16F2N2O3/c1-11(24-15-5-3-2-4-14(15)19)17(23)21-20-16(22)10-12-6-8-13(18)9-7-12/h2-9,11H,10H2,1H3,(H,20,22)(H,21,23).